The Bertz CT molecular complexity index is 912. The first-order valence-electron chi connectivity index (χ1n) is 8.69. The summed E-state index contributed by atoms with van der Waals surface area (Å²) >= 11 is 0. The first kappa shape index (κ1) is 18.6. The molecular weight excluding hydrogens is 354 g/mol. The van der Waals surface area contributed by atoms with E-state index in [1.54, 1.807) is 19.2 Å². The topological polar surface area (TPSA) is 92.5 Å². The van der Waals surface area contributed by atoms with E-state index in [1.807, 2.05) is 6.20 Å². The monoisotopic (exact) mass is 377 g/mol. The molecule has 0 saturated carbocycles. The van der Waals surface area contributed by atoms with E-state index in [0.29, 0.717) is 31.5 Å². The maximum absolute atomic E-state index is 13.0. The van der Waals surface area contributed by atoms with Gasteiger partial charge in [0.25, 0.3) is 0 Å². The highest BCUT2D eigenvalue weighted by molar-refractivity contribution is 7.89. The SMILES string of the molecule is CCn1ccnc1C1CCN(S(=O)(=O)c2cc(C(=O)O)ccc2C)CC1. The Morgan fingerprint density at radius 3 is 2.62 bits per heavy atom. The number of aromatic carboxylic acids is 1. The van der Waals surface area contributed by atoms with Gasteiger partial charge in [0.05, 0.1) is 10.5 Å². The molecule has 2 heterocycles. The number of nitrogens with zero attached hydrogens (tertiary/aromatic N) is 3. The number of aromatic nitrogens is 2. The molecule has 1 aliphatic rings. The molecule has 1 N–H and O–H groups in total. The molecule has 7 nitrogen and oxygen atoms in total. The van der Waals surface area contributed by atoms with Gasteiger partial charge < -0.3 is 9.67 Å². The fraction of sp³-hybridized carbons (Fsp3) is 0.444. The van der Waals surface area contributed by atoms with Gasteiger partial charge in [-0.05, 0) is 44.4 Å². The molecule has 3 rings (SSSR count). The molecule has 1 fully saturated rings. The van der Waals surface area contributed by atoms with Gasteiger partial charge in [-0.1, -0.05) is 6.07 Å². The van der Waals surface area contributed by atoms with Crippen molar-refractivity contribution in [1.29, 1.82) is 0 Å². The summed E-state index contributed by atoms with van der Waals surface area (Å²) in [4.78, 5) is 15.7. The quantitative estimate of drug-likeness (QED) is 0.864. The van der Waals surface area contributed by atoms with Gasteiger partial charge in [0.2, 0.25) is 10.0 Å². The molecule has 0 radical (unpaired) electrons. The van der Waals surface area contributed by atoms with Crippen molar-refractivity contribution >= 4 is 16.0 Å². The summed E-state index contributed by atoms with van der Waals surface area (Å²) in [5, 5.41) is 9.15. The molecule has 0 spiro atoms. The third-order valence-corrected chi connectivity index (χ3v) is 7.00. The molecule has 26 heavy (non-hydrogen) atoms. The van der Waals surface area contributed by atoms with Crippen LogP contribution < -0.4 is 0 Å². The van der Waals surface area contributed by atoms with Crippen molar-refractivity contribution < 1.29 is 18.3 Å². The van der Waals surface area contributed by atoms with Crippen molar-refractivity contribution in [1.82, 2.24) is 13.9 Å². The predicted molar refractivity (Wildman–Crippen MR) is 96.8 cm³/mol. The third-order valence-electron chi connectivity index (χ3n) is 4.96. The van der Waals surface area contributed by atoms with E-state index in [-0.39, 0.29) is 16.4 Å². The Morgan fingerprint density at radius 2 is 2.00 bits per heavy atom. The van der Waals surface area contributed by atoms with Gasteiger partial charge in [0.15, 0.2) is 0 Å². The average molecular weight is 377 g/mol. The molecular formula is C18H23N3O4S. The van der Waals surface area contributed by atoms with E-state index >= 15 is 0 Å². The fourth-order valence-electron chi connectivity index (χ4n) is 3.45. The summed E-state index contributed by atoms with van der Waals surface area (Å²) in [6, 6.07) is 4.22. The summed E-state index contributed by atoms with van der Waals surface area (Å²) in [6.45, 7) is 5.39. The minimum atomic E-state index is -3.71. The van der Waals surface area contributed by atoms with Crippen LogP contribution in [0.1, 0.15) is 47.4 Å². The number of hydrogen-bond donors (Lipinski definition) is 1. The highest BCUT2D eigenvalue weighted by Crippen LogP contribution is 2.31. The zero-order valence-electron chi connectivity index (χ0n) is 14.9. The van der Waals surface area contributed by atoms with Crippen molar-refractivity contribution in [3.05, 3.63) is 47.5 Å². The normalized spacial score (nSPS) is 16.7. The Morgan fingerprint density at radius 1 is 1.31 bits per heavy atom. The van der Waals surface area contributed by atoms with E-state index in [4.69, 9.17) is 5.11 Å². The lowest BCUT2D eigenvalue weighted by molar-refractivity contribution is 0.0696. The molecule has 0 bridgehead atoms. The standard InChI is InChI=1S/C18H23N3O4S/c1-3-20-11-8-19-17(20)14-6-9-21(10-7-14)26(24,25)16-12-15(18(22)23)5-4-13(16)2/h4-5,8,11-12,14H,3,6-7,9-10H2,1-2H3,(H,22,23). The second-order valence-electron chi connectivity index (χ2n) is 6.54. The van der Waals surface area contributed by atoms with Crippen LogP contribution >= 0.6 is 0 Å². The molecule has 0 aliphatic carbocycles. The second kappa shape index (κ2) is 7.20. The number of imidazole rings is 1. The van der Waals surface area contributed by atoms with Crippen LogP contribution in [0.3, 0.4) is 0 Å². The molecule has 1 aromatic heterocycles. The summed E-state index contributed by atoms with van der Waals surface area (Å²) in [5.41, 5.74) is 0.535. The predicted octanol–water partition coefficient (Wildman–Crippen LogP) is 2.48. The first-order valence-corrected chi connectivity index (χ1v) is 10.1. The van der Waals surface area contributed by atoms with Crippen LogP contribution in [-0.2, 0) is 16.6 Å². The number of carboxylic acids is 1. The molecule has 0 unspecified atom stereocenters. The maximum atomic E-state index is 13.0. The van der Waals surface area contributed by atoms with Crippen LogP contribution in [0.15, 0.2) is 35.5 Å². The zero-order valence-corrected chi connectivity index (χ0v) is 15.7. The second-order valence-corrected chi connectivity index (χ2v) is 8.44. The van der Waals surface area contributed by atoms with Gasteiger partial charge in [-0.2, -0.15) is 4.31 Å². The van der Waals surface area contributed by atoms with E-state index in [0.717, 1.165) is 12.4 Å². The fourth-order valence-corrected chi connectivity index (χ4v) is 5.17. The lowest BCUT2D eigenvalue weighted by atomic mass is 9.97. The Kier molecular flexibility index (Phi) is 5.15. The van der Waals surface area contributed by atoms with Crippen molar-refractivity contribution in [3.8, 4) is 0 Å². The minimum absolute atomic E-state index is 0.0194. The first-order chi connectivity index (χ1) is 12.3. The van der Waals surface area contributed by atoms with Gasteiger partial charge in [-0.25, -0.2) is 18.2 Å². The summed E-state index contributed by atoms with van der Waals surface area (Å²) < 4.78 is 29.6. The molecule has 0 amide bonds. The smallest absolute Gasteiger partial charge is 0.335 e. The summed E-state index contributed by atoms with van der Waals surface area (Å²) in [5.74, 6) is 0.114. The number of aryl methyl sites for hydroxylation is 2. The number of piperidine rings is 1. The van der Waals surface area contributed by atoms with Crippen LogP contribution in [0.2, 0.25) is 0 Å². The number of sulfonamides is 1. The lowest BCUT2D eigenvalue weighted by Crippen LogP contribution is -2.38. The average Bonchev–Trinajstić information content (AvgIpc) is 3.10. The Labute approximate surface area is 153 Å². The molecule has 2 aromatic rings. The van der Waals surface area contributed by atoms with Gasteiger partial charge in [0, 0.05) is 37.9 Å². The van der Waals surface area contributed by atoms with Crippen LogP contribution in [0.4, 0.5) is 0 Å². The molecule has 0 atom stereocenters. The van der Waals surface area contributed by atoms with Gasteiger partial charge in [0.1, 0.15) is 5.82 Å². The minimum Gasteiger partial charge on any atom is -0.478 e. The number of carboxylic acid groups (broad SMARTS) is 1. The third kappa shape index (κ3) is 3.39. The molecule has 1 aliphatic heterocycles. The zero-order chi connectivity index (χ0) is 18.9. The molecule has 140 valence electrons. The van der Waals surface area contributed by atoms with Crippen molar-refractivity contribution in [2.75, 3.05) is 13.1 Å². The Balaban J connectivity index is 1.80. The number of benzene rings is 1. The maximum Gasteiger partial charge on any atom is 0.335 e. The van der Waals surface area contributed by atoms with Crippen LogP contribution in [0, 0.1) is 6.92 Å². The molecule has 1 aromatic carbocycles. The van der Waals surface area contributed by atoms with Crippen molar-refractivity contribution in [3.63, 3.8) is 0 Å². The van der Waals surface area contributed by atoms with Crippen molar-refractivity contribution in [2.45, 2.75) is 44.0 Å². The lowest BCUT2D eigenvalue weighted by Gasteiger charge is -2.31. The van der Waals surface area contributed by atoms with Crippen LogP contribution in [-0.4, -0.2) is 46.4 Å². The summed E-state index contributed by atoms with van der Waals surface area (Å²) in [6.07, 6.45) is 5.13. The van der Waals surface area contributed by atoms with Gasteiger partial charge >= 0.3 is 5.97 Å². The van der Waals surface area contributed by atoms with Crippen LogP contribution in [0.5, 0.6) is 0 Å². The van der Waals surface area contributed by atoms with Gasteiger partial charge in [-0.15, -0.1) is 0 Å². The van der Waals surface area contributed by atoms with E-state index in [1.165, 1.54) is 16.4 Å². The number of carbonyl (C=O) groups is 1. The summed E-state index contributed by atoms with van der Waals surface area (Å²) in [7, 11) is -3.71. The van der Waals surface area contributed by atoms with E-state index in [2.05, 4.69) is 16.5 Å². The highest BCUT2D eigenvalue weighted by atomic mass is 32.2. The number of rotatable bonds is 5. The Hall–Kier alpha value is -2.19. The largest absolute Gasteiger partial charge is 0.478 e. The van der Waals surface area contributed by atoms with E-state index < -0.39 is 16.0 Å². The molecule has 8 heteroatoms. The van der Waals surface area contributed by atoms with E-state index in [9.17, 15) is 13.2 Å². The van der Waals surface area contributed by atoms with Gasteiger partial charge in [-0.3, -0.25) is 0 Å². The van der Waals surface area contributed by atoms with Crippen molar-refractivity contribution in [2.24, 2.45) is 0 Å². The number of hydrogen-bond acceptors (Lipinski definition) is 4. The molecule has 1 saturated heterocycles. The van der Waals surface area contributed by atoms with Crippen LogP contribution in [0.25, 0.3) is 0 Å². The highest BCUT2D eigenvalue weighted by Gasteiger charge is 2.32.